The minimum Gasteiger partial charge on any atom is -0.681 e. The van der Waals surface area contributed by atoms with Gasteiger partial charge >= 0.3 is 0 Å². The van der Waals surface area contributed by atoms with Gasteiger partial charge in [-0.1, -0.05) is 31.8 Å². The first-order chi connectivity index (χ1) is 6.81. The number of hydrogen-bond donors (Lipinski definition) is 1. The van der Waals surface area contributed by atoms with Crippen LogP contribution in [0.1, 0.15) is 20.8 Å². The Morgan fingerprint density at radius 3 is 1.28 bits per heavy atom. The predicted molar refractivity (Wildman–Crippen MR) is 69.2 cm³/mol. The van der Waals surface area contributed by atoms with E-state index in [1.54, 1.807) is 28.1 Å². The van der Waals surface area contributed by atoms with E-state index >= 15 is 0 Å². The molecule has 108 valence electrons. The second-order valence-corrected chi connectivity index (χ2v) is 2.85. The van der Waals surface area contributed by atoms with Crippen LogP contribution in [-0.2, 0) is 68.0 Å². The molecule has 0 aromatic rings. The first kappa shape index (κ1) is 36.4. The average Bonchev–Trinajstić information content (AvgIpc) is 2.16. The molecule has 18 heavy (non-hydrogen) atoms. The number of carboxylic acids is 1. The summed E-state index contributed by atoms with van der Waals surface area (Å²) < 4.78 is 0. The maximum Gasteiger partial charge on any atom is 0.300 e. The summed E-state index contributed by atoms with van der Waals surface area (Å²) in [5.41, 5.74) is 0. The van der Waals surface area contributed by atoms with E-state index in [1.807, 2.05) is 6.92 Å². The van der Waals surface area contributed by atoms with Crippen molar-refractivity contribution in [1.82, 2.24) is 0 Å². The zero-order valence-corrected chi connectivity index (χ0v) is 20.9. The number of nitrogens with zero attached hydrogens (tertiary/aromatic N) is 3. The fraction of sp³-hybridized carbons (Fsp3) is 0.667. The van der Waals surface area contributed by atoms with Crippen LogP contribution < -0.4 is 0 Å². The molecule has 0 aromatic carbocycles. The summed E-state index contributed by atoms with van der Waals surface area (Å²) in [5, 5.41) is 14.8. The van der Waals surface area contributed by atoms with Gasteiger partial charge in [0, 0.05) is 70.1 Å². The quantitative estimate of drug-likeness (QED) is 0.233. The van der Waals surface area contributed by atoms with Crippen molar-refractivity contribution in [2.24, 2.45) is 4.99 Å². The van der Waals surface area contributed by atoms with Crippen LogP contribution in [0.5, 0.6) is 0 Å². The Labute approximate surface area is 158 Å². The van der Waals surface area contributed by atoms with E-state index in [2.05, 4.69) is 27.8 Å². The molecule has 0 saturated carbocycles. The van der Waals surface area contributed by atoms with Gasteiger partial charge in [0.1, 0.15) is 0 Å². The molecule has 0 heterocycles. The number of hydrogen-bond acceptors (Lipinski definition) is 3. The molecule has 0 aromatic heterocycles. The Morgan fingerprint density at radius 2 is 1.28 bits per heavy atom. The topological polar surface area (TPSA) is 77.9 Å². The van der Waals surface area contributed by atoms with Crippen LogP contribution in [0.15, 0.2) is 4.99 Å². The smallest absolute Gasteiger partial charge is 0.300 e. The number of aliphatic carboxylic acids is 1. The third kappa shape index (κ3) is 89.8. The Morgan fingerprint density at radius 1 is 1.06 bits per heavy atom. The van der Waals surface area contributed by atoms with Crippen molar-refractivity contribution in [3.05, 3.63) is 10.6 Å². The summed E-state index contributed by atoms with van der Waals surface area (Å²) in [7, 11) is 5.13. The van der Waals surface area contributed by atoms with E-state index in [0.29, 0.717) is 4.99 Å². The summed E-state index contributed by atoms with van der Waals surface area (Å²) in [6.07, 6.45) is 0. The molecule has 0 bridgehead atoms. The van der Waals surface area contributed by atoms with E-state index < -0.39 is 5.97 Å². The maximum atomic E-state index is 9.00. The SMILES string of the molecule is CC(=O)O.CN=C(C)[N-]C.C[N-]C(C)=S.[W].[W].[W]. The van der Waals surface area contributed by atoms with Crippen LogP contribution in [0.2, 0.25) is 0 Å². The van der Waals surface area contributed by atoms with Crippen LogP contribution in [0.4, 0.5) is 0 Å². The molecule has 0 amide bonds. The van der Waals surface area contributed by atoms with Gasteiger partial charge in [-0.15, -0.1) is 19.3 Å². The zero-order valence-electron chi connectivity index (χ0n) is 11.3. The second-order valence-electron chi connectivity index (χ2n) is 2.26. The molecule has 0 aliphatic rings. The van der Waals surface area contributed by atoms with Crippen LogP contribution >= 0.6 is 12.2 Å². The Kier molecular flexibility index (Phi) is 62.1. The van der Waals surface area contributed by atoms with Crippen molar-refractivity contribution in [3.8, 4) is 0 Å². The van der Waals surface area contributed by atoms with Gasteiger partial charge in [0.15, 0.2) is 0 Å². The monoisotopic (exact) mass is 785 g/mol. The summed E-state index contributed by atoms with van der Waals surface area (Å²) in [5.74, 6) is 0.00926. The van der Waals surface area contributed by atoms with Gasteiger partial charge in [0.2, 0.25) is 0 Å². The first-order valence-corrected chi connectivity index (χ1v) is 4.55. The minimum absolute atomic E-state index is 0. The molecule has 0 rings (SSSR count). The molecule has 0 spiro atoms. The molecule has 5 nitrogen and oxygen atoms in total. The van der Waals surface area contributed by atoms with Gasteiger partial charge in [-0.25, -0.2) is 0 Å². The van der Waals surface area contributed by atoms with Crippen LogP contribution in [0.3, 0.4) is 0 Å². The second kappa shape index (κ2) is 30.7. The van der Waals surface area contributed by atoms with E-state index in [9.17, 15) is 0 Å². The maximum absolute atomic E-state index is 9.00. The van der Waals surface area contributed by atoms with Crippen LogP contribution in [0.25, 0.3) is 10.6 Å². The molecular formula is C9H19N3O2SW3-2. The minimum atomic E-state index is -0.833. The first-order valence-electron chi connectivity index (χ1n) is 4.14. The summed E-state index contributed by atoms with van der Waals surface area (Å²) in [6.45, 7) is 4.73. The molecule has 0 radical (unpaired) electrons. The molecule has 0 saturated heterocycles. The largest absolute Gasteiger partial charge is 0.681 e. The Hall–Kier alpha value is 0.895. The fourth-order valence-electron chi connectivity index (χ4n) is 0.100. The number of aliphatic imine (C=N–C) groups is 1. The molecular weight excluding hydrogens is 766 g/mol. The van der Waals surface area contributed by atoms with Crippen molar-refractivity contribution < 1.29 is 73.1 Å². The van der Waals surface area contributed by atoms with Crippen LogP contribution in [-0.4, -0.2) is 43.0 Å². The number of carbonyl (C=O) groups is 1. The number of amidine groups is 1. The van der Waals surface area contributed by atoms with Crippen LogP contribution in [0, 0.1) is 0 Å². The van der Waals surface area contributed by atoms with Crippen molar-refractivity contribution in [1.29, 1.82) is 0 Å². The van der Waals surface area contributed by atoms with Crippen molar-refractivity contribution in [2.75, 3.05) is 21.1 Å². The van der Waals surface area contributed by atoms with Gasteiger partial charge < -0.3 is 20.7 Å². The number of carboxylic acid groups (broad SMARTS) is 1. The van der Waals surface area contributed by atoms with Gasteiger partial charge in [-0.2, -0.15) is 0 Å². The fourth-order valence-corrected chi connectivity index (χ4v) is 0.100. The number of rotatable bonds is 0. The molecule has 0 unspecified atom stereocenters. The molecule has 0 aliphatic carbocycles. The zero-order chi connectivity index (χ0) is 12.9. The van der Waals surface area contributed by atoms with Gasteiger partial charge in [-0.3, -0.25) is 4.79 Å². The van der Waals surface area contributed by atoms with E-state index in [0.717, 1.165) is 12.8 Å². The number of thiocarbonyl (C=S) groups is 1. The van der Waals surface area contributed by atoms with E-state index in [-0.39, 0.29) is 63.2 Å². The Balaban J connectivity index is -0.0000000282. The normalized spacial score (nSPS) is 7.11. The van der Waals surface area contributed by atoms with Gasteiger partial charge in [0.05, 0.1) is 0 Å². The van der Waals surface area contributed by atoms with E-state index in [4.69, 9.17) is 9.90 Å². The Bertz CT molecular complexity index is 213. The third-order valence-electron chi connectivity index (χ3n) is 0.962. The third-order valence-corrected chi connectivity index (χ3v) is 1.14. The predicted octanol–water partition coefficient (Wildman–Crippen LogP) is 2.46. The van der Waals surface area contributed by atoms with Gasteiger partial charge in [0.25, 0.3) is 5.97 Å². The van der Waals surface area contributed by atoms with E-state index in [1.165, 1.54) is 0 Å². The van der Waals surface area contributed by atoms with Crippen molar-refractivity contribution in [3.63, 3.8) is 0 Å². The summed E-state index contributed by atoms with van der Waals surface area (Å²) in [6, 6.07) is 0. The standard InChI is InChI=1S/C4H9N2.C3H7NS.C2H4O2.3W/c1-4(5-2)6-3;1-3(5)4-2;1-2(3)4;;;/h1-3H3;1-2H3,(H,4,5);1H3,(H,3,4);;;/q-1;;;;;/p-1. The average molecular weight is 785 g/mol. The molecule has 9 heteroatoms. The molecule has 0 atom stereocenters. The van der Waals surface area contributed by atoms with Crippen molar-refractivity contribution in [2.45, 2.75) is 20.8 Å². The summed E-state index contributed by atoms with van der Waals surface area (Å²) in [4.78, 5) is 13.5. The molecule has 1 N–H and O–H groups in total. The van der Waals surface area contributed by atoms with Gasteiger partial charge in [-0.05, 0) is 6.92 Å². The molecule has 0 fully saturated rings. The van der Waals surface area contributed by atoms with Crippen molar-refractivity contribution >= 4 is 29.0 Å². The summed E-state index contributed by atoms with van der Waals surface area (Å²) >= 11 is 4.53. The molecule has 0 aliphatic heterocycles.